The zero-order chi connectivity index (χ0) is 12.3. The van der Waals surface area contributed by atoms with Crippen molar-refractivity contribution in [2.24, 2.45) is 5.92 Å². The van der Waals surface area contributed by atoms with E-state index < -0.39 is 0 Å². The molecule has 17 heavy (non-hydrogen) atoms. The smallest absolute Gasteiger partial charge is 0.0101 e. The molecular weight excluding hydrogens is 208 g/mol. The van der Waals surface area contributed by atoms with Gasteiger partial charge in [-0.05, 0) is 45.1 Å². The molecule has 1 aliphatic carbocycles. The van der Waals surface area contributed by atoms with Gasteiger partial charge in [0.1, 0.15) is 0 Å². The molecule has 0 aromatic heterocycles. The molecule has 0 bridgehead atoms. The Morgan fingerprint density at radius 3 is 2.59 bits per heavy atom. The van der Waals surface area contributed by atoms with Crippen LogP contribution in [-0.2, 0) is 0 Å². The fourth-order valence-corrected chi connectivity index (χ4v) is 3.91. The molecule has 1 saturated carbocycles. The molecule has 100 valence electrons. The summed E-state index contributed by atoms with van der Waals surface area (Å²) in [6, 6.07) is 2.44. The standard InChI is InChI=1S/C15H30N2/c1-4-16-14-8-9-17(13(3)11-14)15-7-5-6-12(2)10-15/h12-16H,4-11H2,1-3H3. The van der Waals surface area contributed by atoms with Gasteiger partial charge in [-0.2, -0.15) is 0 Å². The Morgan fingerprint density at radius 2 is 1.94 bits per heavy atom. The van der Waals surface area contributed by atoms with Crippen LogP contribution in [0.5, 0.6) is 0 Å². The van der Waals surface area contributed by atoms with Crippen molar-refractivity contribution in [3.63, 3.8) is 0 Å². The van der Waals surface area contributed by atoms with Crippen molar-refractivity contribution in [1.29, 1.82) is 0 Å². The Morgan fingerprint density at radius 1 is 1.12 bits per heavy atom. The number of nitrogens with zero attached hydrogens (tertiary/aromatic N) is 1. The molecule has 0 aromatic carbocycles. The minimum absolute atomic E-state index is 0.771. The molecule has 4 atom stereocenters. The molecule has 1 aliphatic heterocycles. The number of rotatable bonds is 3. The topological polar surface area (TPSA) is 15.3 Å². The van der Waals surface area contributed by atoms with Crippen molar-refractivity contribution in [2.75, 3.05) is 13.1 Å². The van der Waals surface area contributed by atoms with E-state index in [0.717, 1.165) is 30.6 Å². The average Bonchev–Trinajstić information content (AvgIpc) is 2.29. The maximum atomic E-state index is 3.62. The number of piperidine rings is 1. The molecule has 2 fully saturated rings. The number of hydrogen-bond donors (Lipinski definition) is 1. The minimum atomic E-state index is 0.771. The van der Waals surface area contributed by atoms with Crippen molar-refractivity contribution in [1.82, 2.24) is 10.2 Å². The van der Waals surface area contributed by atoms with Gasteiger partial charge in [-0.1, -0.05) is 26.7 Å². The van der Waals surface area contributed by atoms with E-state index in [1.165, 1.54) is 45.1 Å². The fourth-order valence-electron chi connectivity index (χ4n) is 3.91. The number of hydrogen-bond acceptors (Lipinski definition) is 2. The summed E-state index contributed by atoms with van der Waals surface area (Å²) >= 11 is 0. The second-order valence-corrected chi connectivity index (χ2v) is 6.29. The highest BCUT2D eigenvalue weighted by molar-refractivity contribution is 4.88. The average molecular weight is 238 g/mol. The van der Waals surface area contributed by atoms with Crippen molar-refractivity contribution >= 4 is 0 Å². The summed E-state index contributed by atoms with van der Waals surface area (Å²) < 4.78 is 0. The summed E-state index contributed by atoms with van der Waals surface area (Å²) in [5, 5.41) is 3.62. The monoisotopic (exact) mass is 238 g/mol. The van der Waals surface area contributed by atoms with Crippen LogP contribution < -0.4 is 5.32 Å². The zero-order valence-corrected chi connectivity index (χ0v) is 11.9. The lowest BCUT2D eigenvalue weighted by Crippen LogP contribution is -2.52. The summed E-state index contributed by atoms with van der Waals surface area (Å²) in [5.74, 6) is 0.951. The first-order valence-electron chi connectivity index (χ1n) is 7.69. The van der Waals surface area contributed by atoms with Gasteiger partial charge in [0, 0.05) is 24.7 Å². The van der Waals surface area contributed by atoms with Gasteiger partial charge in [0.05, 0.1) is 0 Å². The highest BCUT2D eigenvalue weighted by Gasteiger charge is 2.32. The highest BCUT2D eigenvalue weighted by Crippen LogP contribution is 2.31. The number of nitrogens with one attached hydrogen (secondary N) is 1. The van der Waals surface area contributed by atoms with E-state index in [0.29, 0.717) is 0 Å². The first-order valence-corrected chi connectivity index (χ1v) is 7.69. The van der Waals surface area contributed by atoms with Gasteiger partial charge in [-0.15, -0.1) is 0 Å². The summed E-state index contributed by atoms with van der Waals surface area (Å²) in [7, 11) is 0. The van der Waals surface area contributed by atoms with Crippen LogP contribution in [0.3, 0.4) is 0 Å². The SMILES string of the molecule is CCNC1CCN(C2CCCC(C)C2)C(C)C1. The van der Waals surface area contributed by atoms with Crippen molar-refractivity contribution < 1.29 is 0 Å². The Hall–Kier alpha value is -0.0800. The summed E-state index contributed by atoms with van der Waals surface area (Å²) in [6.45, 7) is 9.53. The molecule has 1 N–H and O–H groups in total. The second kappa shape index (κ2) is 6.19. The van der Waals surface area contributed by atoms with E-state index in [1.807, 2.05) is 0 Å². The lowest BCUT2D eigenvalue weighted by atomic mass is 9.84. The Kier molecular flexibility index (Phi) is 4.87. The van der Waals surface area contributed by atoms with Gasteiger partial charge in [0.25, 0.3) is 0 Å². The molecule has 2 aliphatic rings. The third-order valence-corrected chi connectivity index (χ3v) is 4.80. The van der Waals surface area contributed by atoms with Crippen molar-refractivity contribution in [3.05, 3.63) is 0 Å². The molecule has 2 rings (SSSR count). The van der Waals surface area contributed by atoms with E-state index in [9.17, 15) is 0 Å². The molecule has 0 radical (unpaired) electrons. The van der Waals surface area contributed by atoms with E-state index in [1.54, 1.807) is 0 Å². The van der Waals surface area contributed by atoms with Gasteiger partial charge in [0.2, 0.25) is 0 Å². The highest BCUT2D eigenvalue weighted by atomic mass is 15.2. The Bertz CT molecular complexity index is 229. The Balaban J connectivity index is 1.85. The van der Waals surface area contributed by atoms with Gasteiger partial charge < -0.3 is 5.32 Å². The van der Waals surface area contributed by atoms with Crippen LogP contribution in [0.4, 0.5) is 0 Å². The van der Waals surface area contributed by atoms with Crippen molar-refractivity contribution in [2.45, 2.75) is 77.4 Å². The molecule has 0 spiro atoms. The van der Waals surface area contributed by atoms with Gasteiger partial charge >= 0.3 is 0 Å². The lowest BCUT2D eigenvalue weighted by molar-refractivity contribution is 0.0572. The maximum absolute atomic E-state index is 3.62. The maximum Gasteiger partial charge on any atom is 0.0101 e. The van der Waals surface area contributed by atoms with Crippen LogP contribution in [0.2, 0.25) is 0 Å². The molecule has 4 unspecified atom stereocenters. The summed E-state index contributed by atoms with van der Waals surface area (Å²) in [6.07, 6.45) is 8.49. The molecule has 1 heterocycles. The van der Waals surface area contributed by atoms with E-state index in [2.05, 4.69) is 31.0 Å². The van der Waals surface area contributed by atoms with Crippen LogP contribution in [0, 0.1) is 5.92 Å². The predicted octanol–water partition coefficient (Wildman–Crippen LogP) is 3.03. The van der Waals surface area contributed by atoms with Crippen LogP contribution in [0.25, 0.3) is 0 Å². The molecule has 1 saturated heterocycles. The quantitative estimate of drug-likeness (QED) is 0.813. The van der Waals surface area contributed by atoms with Crippen LogP contribution in [-0.4, -0.2) is 36.1 Å². The number of likely N-dealkylation sites (tertiary alicyclic amines) is 1. The first kappa shape index (κ1) is 13.4. The molecular formula is C15H30N2. The largest absolute Gasteiger partial charge is 0.314 e. The summed E-state index contributed by atoms with van der Waals surface area (Å²) in [4.78, 5) is 2.81. The second-order valence-electron chi connectivity index (χ2n) is 6.29. The summed E-state index contributed by atoms with van der Waals surface area (Å²) in [5.41, 5.74) is 0. The minimum Gasteiger partial charge on any atom is -0.314 e. The fraction of sp³-hybridized carbons (Fsp3) is 1.00. The van der Waals surface area contributed by atoms with E-state index in [4.69, 9.17) is 0 Å². The van der Waals surface area contributed by atoms with Gasteiger partial charge in [-0.3, -0.25) is 4.90 Å². The molecule has 0 aromatic rings. The third kappa shape index (κ3) is 3.45. The van der Waals surface area contributed by atoms with E-state index >= 15 is 0 Å². The molecule has 0 amide bonds. The van der Waals surface area contributed by atoms with Crippen LogP contribution >= 0.6 is 0 Å². The van der Waals surface area contributed by atoms with Crippen LogP contribution in [0.1, 0.15) is 59.3 Å². The molecule has 2 heteroatoms. The zero-order valence-electron chi connectivity index (χ0n) is 11.9. The third-order valence-electron chi connectivity index (χ3n) is 4.80. The van der Waals surface area contributed by atoms with Crippen molar-refractivity contribution in [3.8, 4) is 0 Å². The first-order chi connectivity index (χ1) is 8.20. The Labute approximate surface area is 107 Å². The normalized spacial score (nSPS) is 40.4. The lowest BCUT2D eigenvalue weighted by Gasteiger charge is -2.45. The van der Waals surface area contributed by atoms with Gasteiger partial charge in [0.15, 0.2) is 0 Å². The molecule has 2 nitrogen and oxygen atoms in total. The predicted molar refractivity (Wildman–Crippen MR) is 74.3 cm³/mol. The van der Waals surface area contributed by atoms with Gasteiger partial charge in [-0.25, -0.2) is 0 Å². The van der Waals surface area contributed by atoms with Crippen LogP contribution in [0.15, 0.2) is 0 Å². The van der Waals surface area contributed by atoms with E-state index in [-0.39, 0.29) is 0 Å².